The molecule has 0 bridgehead atoms. The molecule has 1 unspecified atom stereocenters. The lowest BCUT2D eigenvalue weighted by molar-refractivity contribution is 0.0927. The van der Waals surface area contributed by atoms with E-state index in [2.05, 4.69) is 10.3 Å². The van der Waals surface area contributed by atoms with E-state index in [-0.39, 0.29) is 11.9 Å². The van der Waals surface area contributed by atoms with Crippen molar-refractivity contribution in [3.8, 4) is 0 Å². The van der Waals surface area contributed by atoms with Crippen molar-refractivity contribution in [1.29, 1.82) is 0 Å². The van der Waals surface area contributed by atoms with Crippen molar-refractivity contribution in [2.45, 2.75) is 33.0 Å². The number of aromatic nitrogens is 3. The summed E-state index contributed by atoms with van der Waals surface area (Å²) >= 11 is 0. The molecule has 0 aromatic carbocycles. The van der Waals surface area contributed by atoms with Crippen LogP contribution in [-0.4, -0.2) is 26.1 Å². The monoisotopic (exact) mass is 261 g/mol. The zero-order chi connectivity index (χ0) is 13.8. The first kappa shape index (κ1) is 13.2. The van der Waals surface area contributed by atoms with E-state index >= 15 is 0 Å². The molecule has 0 saturated carbocycles. The number of anilines is 1. The second-order valence-electron chi connectivity index (χ2n) is 4.58. The van der Waals surface area contributed by atoms with Crippen molar-refractivity contribution < 1.29 is 4.79 Å². The molecule has 2 aromatic heterocycles. The number of rotatable bonds is 5. The number of hydrogen-bond donors (Lipinski definition) is 2. The van der Waals surface area contributed by atoms with Gasteiger partial charge in [0.2, 0.25) is 0 Å². The van der Waals surface area contributed by atoms with Crippen LogP contribution in [0.4, 0.5) is 5.69 Å². The number of nitrogens with two attached hydrogens (primary N) is 1. The fraction of sp³-hybridized carbons (Fsp3) is 0.385. The number of amides is 1. The minimum Gasteiger partial charge on any atom is -0.397 e. The lowest BCUT2D eigenvalue weighted by atomic mass is 10.3. The molecule has 0 aliphatic rings. The highest BCUT2D eigenvalue weighted by molar-refractivity contribution is 5.94. The van der Waals surface area contributed by atoms with Crippen molar-refractivity contribution in [3.05, 3.63) is 36.7 Å². The predicted molar refractivity (Wildman–Crippen MR) is 73.7 cm³/mol. The van der Waals surface area contributed by atoms with Gasteiger partial charge in [-0.25, -0.2) is 4.98 Å². The molecule has 2 rings (SSSR count). The zero-order valence-corrected chi connectivity index (χ0v) is 11.2. The van der Waals surface area contributed by atoms with Gasteiger partial charge in [0.1, 0.15) is 5.69 Å². The van der Waals surface area contributed by atoms with E-state index in [0.29, 0.717) is 17.9 Å². The summed E-state index contributed by atoms with van der Waals surface area (Å²) in [6, 6.07) is 1.71. The van der Waals surface area contributed by atoms with Crippen molar-refractivity contribution in [1.82, 2.24) is 19.4 Å². The van der Waals surface area contributed by atoms with Gasteiger partial charge in [0.05, 0.1) is 12.0 Å². The van der Waals surface area contributed by atoms with E-state index in [0.717, 1.165) is 6.54 Å². The molecule has 0 spiro atoms. The summed E-state index contributed by atoms with van der Waals surface area (Å²) in [4.78, 5) is 16.1. The topological polar surface area (TPSA) is 77.9 Å². The smallest absolute Gasteiger partial charge is 0.268 e. The van der Waals surface area contributed by atoms with Crippen LogP contribution < -0.4 is 11.1 Å². The highest BCUT2D eigenvalue weighted by Gasteiger charge is 2.14. The number of imidazole rings is 1. The first-order chi connectivity index (χ1) is 9.10. The van der Waals surface area contributed by atoms with Crippen molar-refractivity contribution in [3.63, 3.8) is 0 Å². The summed E-state index contributed by atoms with van der Waals surface area (Å²) < 4.78 is 3.77. The Hall–Kier alpha value is -2.24. The minimum absolute atomic E-state index is 0.0168. The molecular weight excluding hydrogens is 242 g/mol. The van der Waals surface area contributed by atoms with Crippen LogP contribution in [0.3, 0.4) is 0 Å². The summed E-state index contributed by atoms with van der Waals surface area (Å²) in [5.74, 6) is -0.105. The highest BCUT2D eigenvalue weighted by atomic mass is 16.2. The number of hydrogen-bond acceptors (Lipinski definition) is 3. The second kappa shape index (κ2) is 5.60. The third-order valence-corrected chi connectivity index (χ3v) is 2.91. The van der Waals surface area contributed by atoms with Crippen molar-refractivity contribution in [2.24, 2.45) is 0 Å². The SMILES string of the molecule is CCn1cc(N)cc1C(=O)NC(C)Cn1ccnc1. The lowest BCUT2D eigenvalue weighted by Crippen LogP contribution is -2.36. The Labute approximate surface area is 112 Å². The Bertz CT molecular complexity index is 543. The fourth-order valence-corrected chi connectivity index (χ4v) is 2.04. The molecule has 0 aliphatic carbocycles. The molecule has 102 valence electrons. The lowest BCUT2D eigenvalue weighted by Gasteiger charge is -2.15. The molecular formula is C13H19N5O. The molecule has 19 heavy (non-hydrogen) atoms. The number of nitrogens with zero attached hydrogens (tertiary/aromatic N) is 3. The van der Waals surface area contributed by atoms with Crippen LogP contribution in [0, 0.1) is 0 Å². The van der Waals surface area contributed by atoms with Gasteiger partial charge in [0.15, 0.2) is 0 Å². The molecule has 2 aromatic rings. The Balaban J connectivity index is 2.00. The standard InChI is InChI=1S/C13H19N5O/c1-3-18-8-11(14)6-12(18)13(19)16-10(2)7-17-5-4-15-9-17/h4-6,8-10H,3,7,14H2,1-2H3,(H,16,19). The van der Waals surface area contributed by atoms with Crippen LogP contribution in [0.5, 0.6) is 0 Å². The van der Waals surface area contributed by atoms with Crippen LogP contribution in [0.2, 0.25) is 0 Å². The average molecular weight is 261 g/mol. The molecule has 0 fully saturated rings. The van der Waals surface area contributed by atoms with E-state index in [1.165, 1.54) is 0 Å². The second-order valence-corrected chi connectivity index (χ2v) is 4.58. The van der Waals surface area contributed by atoms with Crippen LogP contribution in [-0.2, 0) is 13.1 Å². The fourth-order valence-electron chi connectivity index (χ4n) is 2.04. The predicted octanol–water partition coefficient (Wildman–Crippen LogP) is 1.11. The molecule has 3 N–H and O–H groups in total. The van der Waals surface area contributed by atoms with E-state index in [9.17, 15) is 4.79 Å². The first-order valence-corrected chi connectivity index (χ1v) is 6.32. The maximum atomic E-state index is 12.2. The molecule has 6 heteroatoms. The molecule has 0 radical (unpaired) electrons. The van der Waals surface area contributed by atoms with Crippen LogP contribution in [0.25, 0.3) is 0 Å². The van der Waals surface area contributed by atoms with E-state index in [1.807, 2.05) is 29.2 Å². The number of nitrogens with one attached hydrogen (secondary N) is 1. The van der Waals surface area contributed by atoms with Gasteiger partial charge in [0.25, 0.3) is 5.91 Å². The van der Waals surface area contributed by atoms with Gasteiger partial charge in [-0.15, -0.1) is 0 Å². The summed E-state index contributed by atoms with van der Waals surface area (Å²) in [6.45, 7) is 5.34. The zero-order valence-electron chi connectivity index (χ0n) is 11.2. The average Bonchev–Trinajstić information content (AvgIpc) is 2.97. The van der Waals surface area contributed by atoms with Gasteiger partial charge in [-0.2, -0.15) is 0 Å². The number of nitrogen functional groups attached to an aromatic ring is 1. The third-order valence-electron chi connectivity index (χ3n) is 2.91. The Morgan fingerprint density at radius 3 is 3.00 bits per heavy atom. The molecule has 0 saturated heterocycles. The van der Waals surface area contributed by atoms with Crippen LogP contribution in [0.1, 0.15) is 24.3 Å². The van der Waals surface area contributed by atoms with E-state index in [4.69, 9.17) is 5.73 Å². The first-order valence-electron chi connectivity index (χ1n) is 6.32. The van der Waals surface area contributed by atoms with E-state index in [1.54, 1.807) is 24.8 Å². The summed E-state index contributed by atoms with van der Waals surface area (Å²) in [5, 5.41) is 2.96. The quantitative estimate of drug-likeness (QED) is 0.846. The minimum atomic E-state index is -0.105. The Morgan fingerprint density at radius 2 is 2.37 bits per heavy atom. The van der Waals surface area contributed by atoms with Gasteiger partial charge >= 0.3 is 0 Å². The molecule has 1 amide bonds. The Morgan fingerprint density at radius 1 is 1.58 bits per heavy atom. The maximum absolute atomic E-state index is 12.2. The van der Waals surface area contributed by atoms with Crippen molar-refractivity contribution >= 4 is 11.6 Å². The van der Waals surface area contributed by atoms with Gasteiger partial charge in [0, 0.05) is 37.7 Å². The molecule has 0 aliphatic heterocycles. The largest absolute Gasteiger partial charge is 0.397 e. The number of aryl methyl sites for hydroxylation is 1. The molecule has 6 nitrogen and oxygen atoms in total. The van der Waals surface area contributed by atoms with Gasteiger partial charge in [-0.05, 0) is 19.9 Å². The van der Waals surface area contributed by atoms with Crippen LogP contribution in [0.15, 0.2) is 31.0 Å². The number of carbonyl (C=O) groups excluding carboxylic acids is 1. The highest BCUT2D eigenvalue weighted by Crippen LogP contribution is 2.10. The molecule has 2 heterocycles. The summed E-state index contributed by atoms with van der Waals surface area (Å²) in [5.41, 5.74) is 6.92. The molecule has 1 atom stereocenters. The summed E-state index contributed by atoms with van der Waals surface area (Å²) in [6.07, 6.45) is 7.09. The summed E-state index contributed by atoms with van der Waals surface area (Å²) in [7, 11) is 0. The normalized spacial score (nSPS) is 12.3. The van der Waals surface area contributed by atoms with Crippen molar-refractivity contribution in [2.75, 3.05) is 5.73 Å². The number of carbonyl (C=O) groups is 1. The van der Waals surface area contributed by atoms with E-state index < -0.39 is 0 Å². The Kier molecular flexibility index (Phi) is 3.89. The van der Waals surface area contributed by atoms with Gasteiger partial charge in [-0.3, -0.25) is 4.79 Å². The maximum Gasteiger partial charge on any atom is 0.268 e. The third kappa shape index (κ3) is 3.15. The van der Waals surface area contributed by atoms with Crippen LogP contribution >= 0.6 is 0 Å². The van der Waals surface area contributed by atoms with Gasteiger partial charge < -0.3 is 20.2 Å². The van der Waals surface area contributed by atoms with Gasteiger partial charge in [-0.1, -0.05) is 0 Å².